The molecule has 0 saturated carbocycles. The second kappa shape index (κ2) is 9.17. The van der Waals surface area contributed by atoms with Crippen molar-refractivity contribution >= 4 is 38.7 Å². The number of nitrogens with one attached hydrogen (secondary N) is 1. The van der Waals surface area contributed by atoms with Gasteiger partial charge in [0.15, 0.2) is 0 Å². The van der Waals surface area contributed by atoms with Crippen molar-refractivity contribution in [1.82, 2.24) is 9.66 Å². The number of ether oxygens (including phenoxy) is 1. The normalized spacial score (nSPS) is 11.2. The third-order valence-electron chi connectivity index (χ3n) is 4.69. The van der Waals surface area contributed by atoms with Gasteiger partial charge in [0.1, 0.15) is 12.4 Å². The summed E-state index contributed by atoms with van der Waals surface area (Å²) in [5, 5.41) is 15.8. The van der Waals surface area contributed by atoms with E-state index in [9.17, 15) is 24.1 Å². The van der Waals surface area contributed by atoms with E-state index in [1.54, 1.807) is 24.3 Å². The maximum Gasteiger partial charge on any atom is 0.349 e. The summed E-state index contributed by atoms with van der Waals surface area (Å²) in [6.45, 7) is -0.285. The van der Waals surface area contributed by atoms with Crippen LogP contribution in [0.3, 0.4) is 0 Å². The van der Waals surface area contributed by atoms with E-state index in [1.807, 2.05) is 0 Å². The highest BCUT2D eigenvalue weighted by Gasteiger charge is 2.21. The summed E-state index contributed by atoms with van der Waals surface area (Å²) >= 11 is 3.19. The van der Waals surface area contributed by atoms with Crippen molar-refractivity contribution in [3.05, 3.63) is 113 Å². The Hall–Kier alpha value is -4.12. The van der Waals surface area contributed by atoms with E-state index in [4.69, 9.17) is 4.74 Å². The van der Waals surface area contributed by atoms with E-state index in [1.165, 1.54) is 36.4 Å². The van der Waals surface area contributed by atoms with Gasteiger partial charge in [-0.1, -0.05) is 46.3 Å². The molecule has 166 valence electrons. The molecular formula is C22H14BrFN4O5. The standard InChI is InChI=1S/C22H14BrFN4O5/c23-15-9-14(11-25-27-21(29)16-6-2-4-8-18(16)26-22(27)30)20(19(10-15)28(31)32)33-12-13-5-1-3-7-17(13)24/h1-11H,12H2,(H,26,30). The number of H-pyrrole nitrogens is 1. The Morgan fingerprint density at radius 2 is 1.88 bits per heavy atom. The Balaban J connectivity index is 1.79. The number of nitrogens with zero attached hydrogens (tertiary/aromatic N) is 3. The lowest BCUT2D eigenvalue weighted by Gasteiger charge is -2.11. The lowest BCUT2D eigenvalue weighted by atomic mass is 10.2. The smallest absolute Gasteiger partial charge is 0.349 e. The van der Waals surface area contributed by atoms with Crippen LogP contribution < -0.4 is 16.0 Å². The lowest BCUT2D eigenvalue weighted by molar-refractivity contribution is -0.386. The molecule has 9 nitrogen and oxygen atoms in total. The average molecular weight is 513 g/mol. The van der Waals surface area contributed by atoms with Crippen LogP contribution in [0.25, 0.3) is 10.9 Å². The Bertz CT molecular complexity index is 1530. The molecule has 0 aliphatic carbocycles. The number of nitro groups is 1. The summed E-state index contributed by atoms with van der Waals surface area (Å²) in [5.41, 5.74) is -1.20. The first-order valence-electron chi connectivity index (χ1n) is 9.47. The van der Waals surface area contributed by atoms with Crippen LogP contribution in [0, 0.1) is 15.9 Å². The number of aromatic nitrogens is 2. The Morgan fingerprint density at radius 1 is 1.15 bits per heavy atom. The summed E-state index contributed by atoms with van der Waals surface area (Å²) in [7, 11) is 0. The first-order valence-corrected chi connectivity index (χ1v) is 10.3. The molecule has 0 fully saturated rings. The molecular weight excluding hydrogens is 499 g/mol. The van der Waals surface area contributed by atoms with Crippen LogP contribution in [0.1, 0.15) is 11.1 Å². The summed E-state index contributed by atoms with van der Waals surface area (Å²) in [5.74, 6) is -0.720. The van der Waals surface area contributed by atoms with Crippen molar-refractivity contribution in [2.24, 2.45) is 5.10 Å². The van der Waals surface area contributed by atoms with Gasteiger partial charge in [-0.3, -0.25) is 14.9 Å². The predicted molar refractivity (Wildman–Crippen MR) is 123 cm³/mol. The zero-order chi connectivity index (χ0) is 23.5. The van der Waals surface area contributed by atoms with E-state index in [0.29, 0.717) is 14.7 Å². The van der Waals surface area contributed by atoms with Gasteiger partial charge >= 0.3 is 11.4 Å². The SMILES string of the molecule is O=c1[nH]c2ccccc2c(=O)n1N=Cc1cc(Br)cc([N+](=O)[O-])c1OCc1ccccc1F. The number of aromatic amines is 1. The largest absolute Gasteiger partial charge is 0.481 e. The fourth-order valence-electron chi connectivity index (χ4n) is 3.13. The van der Waals surface area contributed by atoms with E-state index < -0.39 is 27.7 Å². The van der Waals surface area contributed by atoms with Gasteiger partial charge in [-0.05, 0) is 24.3 Å². The number of benzene rings is 3. The molecule has 4 aromatic rings. The second-order valence-corrected chi connectivity index (χ2v) is 7.73. The molecule has 0 saturated heterocycles. The molecule has 33 heavy (non-hydrogen) atoms. The molecule has 0 unspecified atom stereocenters. The van der Waals surface area contributed by atoms with Crippen molar-refractivity contribution in [3.8, 4) is 5.75 Å². The molecule has 0 atom stereocenters. The second-order valence-electron chi connectivity index (χ2n) is 6.82. The molecule has 1 aromatic heterocycles. The van der Waals surface area contributed by atoms with Crippen molar-refractivity contribution in [3.63, 3.8) is 0 Å². The van der Waals surface area contributed by atoms with Crippen LogP contribution in [0.15, 0.2) is 79.8 Å². The number of nitro benzene ring substituents is 1. The Kier molecular flexibility index (Phi) is 6.13. The van der Waals surface area contributed by atoms with Crippen LogP contribution in [0.5, 0.6) is 5.75 Å². The molecule has 0 bridgehead atoms. The van der Waals surface area contributed by atoms with Crippen LogP contribution >= 0.6 is 15.9 Å². The number of fused-ring (bicyclic) bond motifs is 1. The minimum Gasteiger partial charge on any atom is -0.481 e. The minimum atomic E-state index is -0.784. The van der Waals surface area contributed by atoms with Gasteiger partial charge in [-0.15, -0.1) is 4.68 Å². The van der Waals surface area contributed by atoms with Crippen molar-refractivity contribution in [2.45, 2.75) is 6.61 Å². The van der Waals surface area contributed by atoms with Gasteiger partial charge in [0.25, 0.3) is 5.56 Å². The quantitative estimate of drug-likeness (QED) is 0.238. The molecule has 3 aromatic carbocycles. The summed E-state index contributed by atoms with van der Waals surface area (Å²) in [4.78, 5) is 38.5. The summed E-state index contributed by atoms with van der Waals surface area (Å²) in [6, 6.07) is 15.0. The van der Waals surface area contributed by atoms with Crippen molar-refractivity contribution in [1.29, 1.82) is 0 Å². The third-order valence-corrected chi connectivity index (χ3v) is 5.14. The van der Waals surface area contributed by atoms with E-state index in [2.05, 4.69) is 26.0 Å². The molecule has 0 radical (unpaired) electrons. The van der Waals surface area contributed by atoms with Gasteiger partial charge in [0, 0.05) is 21.7 Å². The average Bonchev–Trinajstić information content (AvgIpc) is 2.78. The maximum absolute atomic E-state index is 14.0. The molecule has 0 aliphatic rings. The lowest BCUT2D eigenvalue weighted by Crippen LogP contribution is -2.32. The van der Waals surface area contributed by atoms with Crippen LogP contribution in [0.4, 0.5) is 10.1 Å². The first kappa shape index (κ1) is 22.1. The van der Waals surface area contributed by atoms with Crippen LogP contribution in [-0.4, -0.2) is 20.8 Å². The number of hydrogen-bond donors (Lipinski definition) is 1. The molecule has 0 spiro atoms. The number of para-hydroxylation sites is 1. The topological polar surface area (TPSA) is 120 Å². The monoisotopic (exact) mass is 512 g/mol. The van der Waals surface area contributed by atoms with Gasteiger partial charge in [0.2, 0.25) is 5.75 Å². The fraction of sp³-hybridized carbons (Fsp3) is 0.0455. The zero-order valence-corrected chi connectivity index (χ0v) is 18.3. The molecule has 11 heteroatoms. The Labute approximate surface area is 193 Å². The predicted octanol–water partition coefficient (Wildman–Crippen LogP) is 3.96. The number of rotatable bonds is 6. The van der Waals surface area contributed by atoms with Crippen LogP contribution in [0.2, 0.25) is 0 Å². The molecule has 0 amide bonds. The fourth-order valence-corrected chi connectivity index (χ4v) is 3.60. The van der Waals surface area contributed by atoms with Gasteiger partial charge in [-0.25, -0.2) is 9.18 Å². The van der Waals surface area contributed by atoms with E-state index in [-0.39, 0.29) is 28.9 Å². The molecule has 0 aliphatic heterocycles. The van der Waals surface area contributed by atoms with Gasteiger partial charge in [0.05, 0.1) is 22.0 Å². The maximum atomic E-state index is 14.0. The summed E-state index contributed by atoms with van der Waals surface area (Å²) < 4.78 is 20.5. The first-order chi connectivity index (χ1) is 15.8. The highest BCUT2D eigenvalue weighted by Crippen LogP contribution is 2.34. The number of halogens is 2. The zero-order valence-electron chi connectivity index (χ0n) is 16.7. The number of hydrogen-bond acceptors (Lipinski definition) is 6. The third kappa shape index (κ3) is 4.58. The minimum absolute atomic E-state index is 0.104. The van der Waals surface area contributed by atoms with Crippen molar-refractivity contribution < 1.29 is 14.1 Å². The Morgan fingerprint density at radius 3 is 2.64 bits per heavy atom. The van der Waals surface area contributed by atoms with E-state index >= 15 is 0 Å². The molecule has 1 heterocycles. The van der Waals surface area contributed by atoms with Crippen molar-refractivity contribution in [2.75, 3.05) is 0 Å². The van der Waals surface area contributed by atoms with E-state index in [0.717, 1.165) is 6.21 Å². The molecule has 1 N–H and O–H groups in total. The van der Waals surface area contributed by atoms with Gasteiger partial charge < -0.3 is 9.72 Å². The van der Waals surface area contributed by atoms with Crippen LogP contribution in [-0.2, 0) is 6.61 Å². The summed E-state index contributed by atoms with van der Waals surface area (Å²) in [6.07, 6.45) is 1.10. The highest BCUT2D eigenvalue weighted by atomic mass is 79.9. The highest BCUT2D eigenvalue weighted by molar-refractivity contribution is 9.10. The molecule has 4 rings (SSSR count). The van der Waals surface area contributed by atoms with Gasteiger partial charge in [-0.2, -0.15) is 5.10 Å².